The monoisotopic (exact) mass is 504 g/mol. The lowest BCUT2D eigenvalue weighted by Gasteiger charge is -2.32. The van der Waals surface area contributed by atoms with E-state index in [0.717, 1.165) is 31.2 Å². The standard InChI is InChI=1S/C28H29FN4O4/c1-17-30-23-9-4-19(16-22(23)28(37)33(17)24-10-11-25(34)31-26(24)35)3-2-18-12-14-32(15-13-18)27(36)20-5-7-21(29)8-6-20/h4-9,16,18,24H,2-3,10-15H2,1H3,(H,31,34,35). The molecule has 3 amide bonds. The van der Waals surface area contributed by atoms with Crippen molar-refractivity contribution in [1.29, 1.82) is 0 Å². The fourth-order valence-corrected chi connectivity index (χ4v) is 5.38. The summed E-state index contributed by atoms with van der Waals surface area (Å²) in [6, 6.07) is 10.6. The number of carbonyl (C=O) groups excluding carboxylic acids is 3. The van der Waals surface area contributed by atoms with E-state index in [1.54, 1.807) is 6.92 Å². The minimum atomic E-state index is -0.742. The molecular formula is C28H29FN4O4. The number of piperidine rings is 2. The summed E-state index contributed by atoms with van der Waals surface area (Å²) >= 11 is 0. The van der Waals surface area contributed by atoms with E-state index in [1.807, 2.05) is 23.1 Å². The minimum Gasteiger partial charge on any atom is -0.339 e. The first kappa shape index (κ1) is 24.8. The number of halogens is 1. The predicted octanol–water partition coefficient (Wildman–Crippen LogP) is 3.31. The van der Waals surface area contributed by atoms with Gasteiger partial charge >= 0.3 is 0 Å². The highest BCUT2D eigenvalue weighted by Crippen LogP contribution is 2.25. The Morgan fingerprint density at radius 2 is 1.78 bits per heavy atom. The highest BCUT2D eigenvalue weighted by molar-refractivity contribution is 5.99. The van der Waals surface area contributed by atoms with Crippen LogP contribution in [0.1, 0.15) is 59.9 Å². The number of benzene rings is 2. The van der Waals surface area contributed by atoms with E-state index in [0.29, 0.717) is 41.3 Å². The fourth-order valence-electron chi connectivity index (χ4n) is 5.38. The van der Waals surface area contributed by atoms with Crippen molar-refractivity contribution < 1.29 is 18.8 Å². The lowest BCUT2D eigenvalue weighted by molar-refractivity contribution is -0.135. The lowest BCUT2D eigenvalue weighted by Crippen LogP contribution is -2.45. The maximum atomic E-state index is 13.4. The molecule has 9 heteroatoms. The molecule has 2 aliphatic heterocycles. The number of aromatic nitrogens is 2. The van der Waals surface area contributed by atoms with Crippen LogP contribution in [0.3, 0.4) is 0 Å². The fraction of sp³-hybridized carbons (Fsp3) is 0.393. The van der Waals surface area contributed by atoms with Crippen LogP contribution in [-0.2, 0) is 16.0 Å². The SMILES string of the molecule is Cc1nc2ccc(CCC3CCN(C(=O)c4ccc(F)cc4)CC3)cc2c(=O)n1C1CCC(=O)NC1=O. The van der Waals surface area contributed by atoms with Gasteiger partial charge in [0.05, 0.1) is 10.9 Å². The molecule has 0 saturated carbocycles. The van der Waals surface area contributed by atoms with Crippen molar-refractivity contribution in [1.82, 2.24) is 19.8 Å². The maximum absolute atomic E-state index is 13.4. The highest BCUT2D eigenvalue weighted by Gasteiger charge is 2.30. The highest BCUT2D eigenvalue weighted by atomic mass is 19.1. The molecule has 37 heavy (non-hydrogen) atoms. The van der Waals surface area contributed by atoms with Gasteiger partial charge in [-0.3, -0.25) is 29.1 Å². The summed E-state index contributed by atoms with van der Waals surface area (Å²) in [5.41, 5.74) is 1.84. The first-order valence-electron chi connectivity index (χ1n) is 12.7. The molecule has 1 aromatic heterocycles. The summed E-state index contributed by atoms with van der Waals surface area (Å²) in [5.74, 6) is -0.310. The van der Waals surface area contributed by atoms with Crippen LogP contribution in [0.2, 0.25) is 0 Å². The molecule has 1 atom stereocenters. The number of aryl methyl sites for hydroxylation is 2. The van der Waals surface area contributed by atoms with Crippen LogP contribution in [0.25, 0.3) is 10.9 Å². The van der Waals surface area contributed by atoms with Gasteiger partial charge in [-0.1, -0.05) is 6.07 Å². The zero-order valence-corrected chi connectivity index (χ0v) is 20.7. The predicted molar refractivity (Wildman–Crippen MR) is 136 cm³/mol. The van der Waals surface area contributed by atoms with Gasteiger partial charge in [-0.2, -0.15) is 0 Å². The van der Waals surface area contributed by atoms with E-state index < -0.39 is 11.9 Å². The second kappa shape index (κ2) is 10.2. The summed E-state index contributed by atoms with van der Waals surface area (Å²) in [5, 5.41) is 2.78. The number of hydrogen-bond acceptors (Lipinski definition) is 5. The number of carbonyl (C=O) groups is 3. The van der Waals surface area contributed by atoms with Gasteiger partial charge in [0.1, 0.15) is 17.7 Å². The zero-order chi connectivity index (χ0) is 26.1. The first-order chi connectivity index (χ1) is 17.8. The molecule has 192 valence electrons. The Morgan fingerprint density at radius 3 is 2.49 bits per heavy atom. The Morgan fingerprint density at radius 1 is 1.05 bits per heavy atom. The molecule has 0 radical (unpaired) electrons. The van der Waals surface area contributed by atoms with Crippen LogP contribution >= 0.6 is 0 Å². The third kappa shape index (κ3) is 5.16. The van der Waals surface area contributed by atoms with Crippen molar-refractivity contribution in [3.8, 4) is 0 Å². The van der Waals surface area contributed by atoms with E-state index in [2.05, 4.69) is 10.3 Å². The number of nitrogens with zero attached hydrogens (tertiary/aromatic N) is 3. The van der Waals surface area contributed by atoms with E-state index in [1.165, 1.54) is 28.8 Å². The zero-order valence-electron chi connectivity index (χ0n) is 20.7. The first-order valence-corrected chi connectivity index (χ1v) is 12.7. The van der Waals surface area contributed by atoms with E-state index in [-0.39, 0.29) is 36.0 Å². The van der Waals surface area contributed by atoms with Gasteiger partial charge in [-0.15, -0.1) is 0 Å². The summed E-state index contributed by atoms with van der Waals surface area (Å²) in [4.78, 5) is 56.4. The van der Waals surface area contributed by atoms with Gasteiger partial charge < -0.3 is 4.90 Å². The normalized spacial score (nSPS) is 18.8. The molecule has 2 fully saturated rings. The molecule has 2 saturated heterocycles. The average molecular weight is 505 g/mol. The van der Waals surface area contributed by atoms with Crippen molar-refractivity contribution in [2.75, 3.05) is 13.1 Å². The van der Waals surface area contributed by atoms with Gasteiger partial charge in [-0.25, -0.2) is 9.37 Å². The molecule has 2 aliphatic rings. The molecule has 0 spiro atoms. The van der Waals surface area contributed by atoms with Crippen LogP contribution in [0.15, 0.2) is 47.3 Å². The summed E-state index contributed by atoms with van der Waals surface area (Å²) in [6.45, 7) is 3.03. The second-order valence-corrected chi connectivity index (χ2v) is 9.93. The number of hydrogen-bond donors (Lipinski definition) is 1. The molecular weight excluding hydrogens is 475 g/mol. The van der Waals surface area contributed by atoms with Gasteiger partial charge in [0, 0.05) is 25.1 Å². The van der Waals surface area contributed by atoms with Crippen LogP contribution in [0, 0.1) is 18.7 Å². The molecule has 1 unspecified atom stereocenters. The second-order valence-electron chi connectivity index (χ2n) is 9.93. The summed E-state index contributed by atoms with van der Waals surface area (Å²) < 4.78 is 14.6. The van der Waals surface area contributed by atoms with Crippen molar-refractivity contribution in [2.45, 2.75) is 51.5 Å². The number of nitrogens with one attached hydrogen (secondary N) is 1. The van der Waals surface area contributed by atoms with Crippen LogP contribution < -0.4 is 10.9 Å². The van der Waals surface area contributed by atoms with E-state index in [9.17, 15) is 23.6 Å². The van der Waals surface area contributed by atoms with E-state index in [4.69, 9.17) is 0 Å². The number of imide groups is 1. The number of amides is 3. The Labute approximate surface area is 213 Å². The van der Waals surface area contributed by atoms with Crippen molar-refractivity contribution in [3.05, 3.63) is 75.6 Å². The average Bonchev–Trinajstić information content (AvgIpc) is 2.89. The molecule has 3 aromatic rings. The van der Waals surface area contributed by atoms with Crippen molar-refractivity contribution in [2.24, 2.45) is 5.92 Å². The van der Waals surface area contributed by atoms with Gasteiger partial charge in [-0.05, 0) is 86.9 Å². The van der Waals surface area contributed by atoms with E-state index >= 15 is 0 Å². The van der Waals surface area contributed by atoms with Crippen molar-refractivity contribution >= 4 is 28.6 Å². The third-order valence-corrected chi connectivity index (χ3v) is 7.50. The molecule has 0 bridgehead atoms. The molecule has 5 rings (SSSR count). The quantitative estimate of drug-likeness (QED) is 0.538. The van der Waals surface area contributed by atoms with Crippen LogP contribution in [0.5, 0.6) is 0 Å². The molecule has 0 aliphatic carbocycles. The minimum absolute atomic E-state index is 0.0666. The number of fused-ring (bicyclic) bond motifs is 1. The number of likely N-dealkylation sites (tertiary alicyclic amines) is 1. The van der Waals surface area contributed by atoms with Crippen molar-refractivity contribution in [3.63, 3.8) is 0 Å². The number of rotatable bonds is 5. The Hall–Kier alpha value is -3.88. The van der Waals surface area contributed by atoms with Gasteiger partial charge in [0.15, 0.2) is 0 Å². The van der Waals surface area contributed by atoms with Gasteiger partial charge in [0.25, 0.3) is 11.5 Å². The Bertz CT molecular complexity index is 1420. The van der Waals surface area contributed by atoms with Crippen LogP contribution in [0.4, 0.5) is 4.39 Å². The topological polar surface area (TPSA) is 101 Å². The molecule has 3 heterocycles. The maximum Gasteiger partial charge on any atom is 0.262 e. The third-order valence-electron chi connectivity index (χ3n) is 7.50. The summed E-state index contributed by atoms with van der Waals surface area (Å²) in [6.07, 6.45) is 3.98. The summed E-state index contributed by atoms with van der Waals surface area (Å²) in [7, 11) is 0. The molecule has 8 nitrogen and oxygen atoms in total. The van der Waals surface area contributed by atoms with Gasteiger partial charge in [0.2, 0.25) is 11.8 Å². The Kier molecular flexibility index (Phi) is 6.86. The smallest absolute Gasteiger partial charge is 0.262 e. The van der Waals surface area contributed by atoms with Crippen LogP contribution in [-0.4, -0.2) is 45.3 Å². The molecule has 1 N–H and O–H groups in total. The lowest BCUT2D eigenvalue weighted by atomic mass is 9.90. The Balaban J connectivity index is 1.24. The molecule has 2 aromatic carbocycles. The largest absolute Gasteiger partial charge is 0.339 e.